The van der Waals surface area contributed by atoms with Crippen molar-refractivity contribution in [2.45, 2.75) is 47.5 Å². The van der Waals surface area contributed by atoms with E-state index >= 15 is 0 Å². The Bertz CT molecular complexity index is 120. The summed E-state index contributed by atoms with van der Waals surface area (Å²) in [4.78, 5) is 0. The Morgan fingerprint density at radius 3 is 2.00 bits per heavy atom. The molecule has 0 saturated carbocycles. The minimum Gasteiger partial charge on any atom is -0.0880 e. The van der Waals surface area contributed by atoms with Gasteiger partial charge in [-0.2, -0.15) is 0 Å². The van der Waals surface area contributed by atoms with E-state index in [0.717, 1.165) is 11.8 Å². The van der Waals surface area contributed by atoms with Crippen molar-refractivity contribution in [3.8, 4) is 0 Å². The molecule has 0 heterocycles. The fraction of sp³-hybridized carbons (Fsp3) is 0.833. The predicted octanol–water partition coefficient (Wildman–Crippen LogP) is 4.27. The average molecular weight is 168 g/mol. The molecule has 1 atom stereocenters. The monoisotopic (exact) mass is 168 g/mol. The van der Waals surface area contributed by atoms with Crippen molar-refractivity contribution in [2.24, 2.45) is 17.8 Å². The maximum Gasteiger partial charge on any atom is -0.0290 e. The zero-order valence-electron chi connectivity index (χ0n) is 9.30. The maximum absolute atomic E-state index is 2.34. The lowest BCUT2D eigenvalue weighted by atomic mass is 9.95. The van der Waals surface area contributed by atoms with Crippen LogP contribution in [0.4, 0.5) is 0 Å². The Morgan fingerprint density at radius 1 is 1.00 bits per heavy atom. The third-order valence-corrected chi connectivity index (χ3v) is 1.93. The van der Waals surface area contributed by atoms with E-state index in [9.17, 15) is 0 Å². The van der Waals surface area contributed by atoms with Crippen molar-refractivity contribution in [2.75, 3.05) is 0 Å². The highest BCUT2D eigenvalue weighted by Gasteiger charge is 2.02. The summed E-state index contributed by atoms with van der Waals surface area (Å²) in [5, 5.41) is 0. The van der Waals surface area contributed by atoms with Gasteiger partial charge in [0.1, 0.15) is 0 Å². The molecule has 0 N–H and O–H groups in total. The Kier molecular flexibility index (Phi) is 6.14. The standard InChI is InChI=1S/C12H24/c1-10(2)7-6-8-12(5)9-11(3)4/h6-7,10-12H,8-9H2,1-5H3. The van der Waals surface area contributed by atoms with Gasteiger partial charge in [0.15, 0.2) is 0 Å². The van der Waals surface area contributed by atoms with E-state index in [1.54, 1.807) is 0 Å². The fourth-order valence-electron chi connectivity index (χ4n) is 1.48. The van der Waals surface area contributed by atoms with Crippen LogP contribution in [0.1, 0.15) is 47.5 Å². The SMILES string of the molecule is CC(C)C=CCC(C)CC(C)C. The van der Waals surface area contributed by atoms with Gasteiger partial charge >= 0.3 is 0 Å². The lowest BCUT2D eigenvalue weighted by molar-refractivity contribution is 0.442. The first-order chi connectivity index (χ1) is 5.52. The highest BCUT2D eigenvalue weighted by atomic mass is 14.1. The van der Waals surface area contributed by atoms with E-state index in [2.05, 4.69) is 46.8 Å². The molecule has 0 fully saturated rings. The molecule has 0 aliphatic rings. The second kappa shape index (κ2) is 6.28. The van der Waals surface area contributed by atoms with E-state index in [4.69, 9.17) is 0 Å². The summed E-state index contributed by atoms with van der Waals surface area (Å²) in [6.45, 7) is 11.4. The molecular weight excluding hydrogens is 144 g/mol. The van der Waals surface area contributed by atoms with Crippen LogP contribution in [-0.4, -0.2) is 0 Å². The van der Waals surface area contributed by atoms with Crippen LogP contribution < -0.4 is 0 Å². The smallest absolute Gasteiger partial charge is 0.0290 e. The van der Waals surface area contributed by atoms with E-state index in [1.807, 2.05) is 0 Å². The van der Waals surface area contributed by atoms with E-state index < -0.39 is 0 Å². The molecule has 0 amide bonds. The van der Waals surface area contributed by atoms with Gasteiger partial charge in [-0.3, -0.25) is 0 Å². The van der Waals surface area contributed by atoms with Crippen LogP contribution in [0.25, 0.3) is 0 Å². The molecule has 12 heavy (non-hydrogen) atoms. The summed E-state index contributed by atoms with van der Waals surface area (Å²) < 4.78 is 0. The summed E-state index contributed by atoms with van der Waals surface area (Å²) >= 11 is 0. The minimum absolute atomic E-state index is 0.705. The van der Waals surface area contributed by atoms with Crippen molar-refractivity contribution < 1.29 is 0 Å². The van der Waals surface area contributed by atoms with Crippen LogP contribution in [-0.2, 0) is 0 Å². The fourth-order valence-corrected chi connectivity index (χ4v) is 1.48. The van der Waals surface area contributed by atoms with E-state index in [1.165, 1.54) is 12.8 Å². The molecule has 0 aromatic heterocycles. The van der Waals surface area contributed by atoms with Gasteiger partial charge in [0.2, 0.25) is 0 Å². The first-order valence-electron chi connectivity index (χ1n) is 5.19. The van der Waals surface area contributed by atoms with Crippen LogP contribution in [0.5, 0.6) is 0 Å². The number of hydrogen-bond acceptors (Lipinski definition) is 0. The largest absolute Gasteiger partial charge is 0.0880 e. The van der Waals surface area contributed by atoms with Gasteiger partial charge in [-0.15, -0.1) is 0 Å². The molecule has 0 aliphatic heterocycles. The predicted molar refractivity (Wildman–Crippen MR) is 57.2 cm³/mol. The van der Waals surface area contributed by atoms with Crippen molar-refractivity contribution >= 4 is 0 Å². The molecule has 0 aliphatic carbocycles. The highest BCUT2D eigenvalue weighted by molar-refractivity contribution is 4.85. The Morgan fingerprint density at radius 2 is 1.58 bits per heavy atom. The van der Waals surface area contributed by atoms with Crippen molar-refractivity contribution in [1.29, 1.82) is 0 Å². The van der Waals surface area contributed by atoms with E-state index in [0.29, 0.717) is 5.92 Å². The molecule has 0 heteroatoms. The molecule has 72 valence electrons. The zero-order chi connectivity index (χ0) is 9.56. The molecule has 0 radical (unpaired) electrons. The molecule has 0 spiro atoms. The topological polar surface area (TPSA) is 0 Å². The molecule has 0 saturated heterocycles. The molecule has 1 unspecified atom stereocenters. The van der Waals surface area contributed by atoms with Gasteiger partial charge in [-0.05, 0) is 30.6 Å². The van der Waals surface area contributed by atoms with Crippen LogP contribution in [0, 0.1) is 17.8 Å². The second-order valence-electron chi connectivity index (χ2n) is 4.64. The normalized spacial score (nSPS) is 14.9. The van der Waals surface area contributed by atoms with Crippen molar-refractivity contribution in [1.82, 2.24) is 0 Å². The maximum atomic E-state index is 2.34. The van der Waals surface area contributed by atoms with Gasteiger partial charge in [0.05, 0.1) is 0 Å². The van der Waals surface area contributed by atoms with Crippen molar-refractivity contribution in [3.63, 3.8) is 0 Å². The molecular formula is C12H24. The molecule has 0 bridgehead atoms. The molecule has 0 aromatic carbocycles. The van der Waals surface area contributed by atoms with Crippen LogP contribution >= 0.6 is 0 Å². The summed E-state index contributed by atoms with van der Waals surface area (Å²) in [6, 6.07) is 0. The lowest BCUT2D eigenvalue weighted by Crippen LogP contribution is -1.98. The van der Waals surface area contributed by atoms with Gasteiger partial charge in [-0.1, -0.05) is 46.8 Å². The van der Waals surface area contributed by atoms with Gasteiger partial charge in [-0.25, -0.2) is 0 Å². The van der Waals surface area contributed by atoms with E-state index in [-0.39, 0.29) is 0 Å². The molecule has 0 nitrogen and oxygen atoms in total. The third kappa shape index (κ3) is 7.84. The highest BCUT2D eigenvalue weighted by Crippen LogP contribution is 2.15. The number of rotatable bonds is 5. The Balaban J connectivity index is 3.49. The van der Waals surface area contributed by atoms with Crippen LogP contribution in [0.15, 0.2) is 12.2 Å². The van der Waals surface area contributed by atoms with Crippen LogP contribution in [0.3, 0.4) is 0 Å². The second-order valence-corrected chi connectivity index (χ2v) is 4.64. The zero-order valence-corrected chi connectivity index (χ0v) is 9.30. The lowest BCUT2D eigenvalue weighted by Gasteiger charge is -2.11. The summed E-state index contributed by atoms with van der Waals surface area (Å²) in [5.41, 5.74) is 0. The summed E-state index contributed by atoms with van der Waals surface area (Å²) in [6.07, 6.45) is 7.23. The van der Waals surface area contributed by atoms with Gasteiger partial charge in [0.25, 0.3) is 0 Å². The minimum atomic E-state index is 0.705. The first-order valence-corrected chi connectivity index (χ1v) is 5.19. The quantitative estimate of drug-likeness (QED) is 0.538. The summed E-state index contributed by atoms with van der Waals surface area (Å²) in [5.74, 6) is 2.39. The van der Waals surface area contributed by atoms with Gasteiger partial charge < -0.3 is 0 Å². The van der Waals surface area contributed by atoms with Crippen molar-refractivity contribution in [3.05, 3.63) is 12.2 Å². The number of allylic oxidation sites excluding steroid dienone is 2. The Hall–Kier alpha value is -0.260. The molecule has 0 rings (SSSR count). The van der Waals surface area contributed by atoms with Gasteiger partial charge in [0, 0.05) is 0 Å². The summed E-state index contributed by atoms with van der Waals surface area (Å²) in [7, 11) is 0. The Labute approximate surface area is 78.1 Å². The number of hydrogen-bond donors (Lipinski definition) is 0. The third-order valence-electron chi connectivity index (χ3n) is 1.93. The first kappa shape index (κ1) is 11.7. The molecule has 0 aromatic rings. The average Bonchev–Trinajstić information content (AvgIpc) is 1.84. The van der Waals surface area contributed by atoms with Crippen LogP contribution in [0.2, 0.25) is 0 Å².